The number of carbonyl (C=O) groups is 1. The first-order valence-electron chi connectivity index (χ1n) is 11.7. The average Bonchev–Trinajstić information content (AvgIpc) is 3.16. The maximum Gasteiger partial charge on any atom is 0.415 e. The van der Waals surface area contributed by atoms with Crippen LogP contribution in [0.5, 0.6) is 17.2 Å². The average molecular weight is 465 g/mol. The summed E-state index contributed by atoms with van der Waals surface area (Å²) in [4.78, 5) is 19.4. The van der Waals surface area contributed by atoms with Crippen LogP contribution in [0.3, 0.4) is 0 Å². The van der Waals surface area contributed by atoms with Crippen LogP contribution in [0.15, 0.2) is 52.9 Å². The molecule has 1 amide bonds. The Morgan fingerprint density at radius 3 is 2.35 bits per heavy atom. The van der Waals surface area contributed by atoms with Crippen molar-refractivity contribution < 1.29 is 23.4 Å². The monoisotopic (exact) mass is 464 g/mol. The Kier molecular flexibility index (Phi) is 7.40. The fourth-order valence-corrected chi connectivity index (χ4v) is 4.48. The van der Waals surface area contributed by atoms with Crippen LogP contribution in [0.25, 0.3) is 0 Å². The Hall–Kier alpha value is -3.48. The molecule has 34 heavy (non-hydrogen) atoms. The van der Waals surface area contributed by atoms with Crippen molar-refractivity contribution >= 4 is 6.09 Å². The van der Waals surface area contributed by atoms with Gasteiger partial charge in [0.1, 0.15) is 23.0 Å². The number of rotatable bonds is 7. The summed E-state index contributed by atoms with van der Waals surface area (Å²) < 4.78 is 22.3. The zero-order valence-corrected chi connectivity index (χ0v) is 20.2. The Morgan fingerprint density at radius 1 is 1.03 bits per heavy atom. The van der Waals surface area contributed by atoms with E-state index in [1.807, 2.05) is 43.0 Å². The van der Waals surface area contributed by atoms with Gasteiger partial charge in [-0.25, -0.2) is 9.78 Å². The van der Waals surface area contributed by atoms with Gasteiger partial charge in [-0.1, -0.05) is 12.1 Å². The van der Waals surface area contributed by atoms with Crippen LogP contribution in [0, 0.1) is 13.8 Å². The summed E-state index contributed by atoms with van der Waals surface area (Å²) in [5, 5.41) is 0. The molecular formula is C27H32N2O5. The summed E-state index contributed by atoms with van der Waals surface area (Å²) in [7, 11) is 1.61. The van der Waals surface area contributed by atoms with Crippen LogP contribution in [-0.2, 0) is 6.42 Å². The molecule has 1 saturated heterocycles. The number of aryl methyl sites for hydroxylation is 2. The fourth-order valence-electron chi connectivity index (χ4n) is 4.48. The van der Waals surface area contributed by atoms with Gasteiger partial charge in [0.15, 0.2) is 5.89 Å². The lowest BCUT2D eigenvalue weighted by Gasteiger charge is -2.40. The highest BCUT2D eigenvalue weighted by atomic mass is 16.6. The molecule has 2 aromatic carbocycles. The molecule has 3 aromatic rings. The van der Waals surface area contributed by atoms with E-state index in [-0.39, 0.29) is 18.2 Å². The van der Waals surface area contributed by atoms with Gasteiger partial charge in [-0.05, 0) is 75.1 Å². The van der Waals surface area contributed by atoms with Gasteiger partial charge in [0.05, 0.1) is 25.5 Å². The van der Waals surface area contributed by atoms with Gasteiger partial charge in [-0.2, -0.15) is 0 Å². The first-order chi connectivity index (χ1) is 16.4. The van der Waals surface area contributed by atoms with Crippen molar-refractivity contribution in [1.82, 2.24) is 9.88 Å². The number of amides is 1. The van der Waals surface area contributed by atoms with E-state index in [4.69, 9.17) is 18.6 Å². The normalized spacial score (nSPS) is 17.9. The Morgan fingerprint density at radius 2 is 1.71 bits per heavy atom. The zero-order chi connectivity index (χ0) is 24.1. The van der Waals surface area contributed by atoms with E-state index in [0.717, 1.165) is 47.8 Å². The second kappa shape index (κ2) is 10.6. The standard InChI is InChI=1S/C27H32N2O5/c1-18-6-5-7-26(29(18)27(30)34-24-14-12-22(31-4)13-15-24)21-8-10-23(11-9-21)32-17-16-25-19(2)33-20(3)28-25/h8-15,18,26H,5-7,16-17H2,1-4H3. The highest BCUT2D eigenvalue weighted by Gasteiger charge is 2.34. The van der Waals surface area contributed by atoms with E-state index in [1.165, 1.54) is 0 Å². The number of ether oxygens (including phenoxy) is 3. The Labute approximate surface area is 200 Å². The van der Waals surface area contributed by atoms with Crippen molar-refractivity contribution in [2.24, 2.45) is 0 Å². The lowest BCUT2D eigenvalue weighted by molar-refractivity contribution is 0.0827. The summed E-state index contributed by atoms with van der Waals surface area (Å²) in [5.74, 6) is 3.53. The van der Waals surface area contributed by atoms with Gasteiger partial charge in [-0.3, -0.25) is 4.90 Å². The predicted molar refractivity (Wildman–Crippen MR) is 129 cm³/mol. The molecule has 2 atom stereocenters. The van der Waals surface area contributed by atoms with Crippen molar-refractivity contribution in [2.45, 2.75) is 58.5 Å². The molecule has 1 fully saturated rings. The number of carbonyl (C=O) groups excluding carboxylic acids is 1. The second-order valence-electron chi connectivity index (χ2n) is 8.65. The third-order valence-electron chi connectivity index (χ3n) is 6.26. The SMILES string of the molecule is COc1ccc(OC(=O)N2C(C)CCCC2c2ccc(OCCc3nc(C)oc3C)cc2)cc1. The van der Waals surface area contributed by atoms with Crippen molar-refractivity contribution in [2.75, 3.05) is 13.7 Å². The number of hydrogen-bond acceptors (Lipinski definition) is 6. The van der Waals surface area contributed by atoms with E-state index in [2.05, 4.69) is 11.9 Å². The van der Waals surface area contributed by atoms with Crippen molar-refractivity contribution in [1.29, 1.82) is 0 Å². The second-order valence-corrected chi connectivity index (χ2v) is 8.65. The number of oxazole rings is 1. The minimum absolute atomic E-state index is 0.0377. The van der Waals surface area contributed by atoms with Crippen LogP contribution in [0.4, 0.5) is 4.79 Å². The van der Waals surface area contributed by atoms with Crippen molar-refractivity contribution in [3.63, 3.8) is 0 Å². The number of aromatic nitrogens is 1. The van der Waals surface area contributed by atoms with Gasteiger partial charge in [0.25, 0.3) is 0 Å². The Balaban J connectivity index is 1.40. The minimum Gasteiger partial charge on any atom is -0.497 e. The molecular weight excluding hydrogens is 432 g/mol. The number of benzene rings is 2. The minimum atomic E-state index is -0.332. The number of hydrogen-bond donors (Lipinski definition) is 0. The van der Waals surface area contributed by atoms with E-state index in [1.54, 1.807) is 31.4 Å². The van der Waals surface area contributed by atoms with Gasteiger partial charge in [-0.15, -0.1) is 0 Å². The molecule has 7 heteroatoms. The molecule has 0 saturated carbocycles. The summed E-state index contributed by atoms with van der Waals surface area (Å²) in [6, 6.07) is 15.1. The number of nitrogens with zero attached hydrogens (tertiary/aromatic N) is 2. The molecule has 0 aliphatic carbocycles. The molecule has 1 aromatic heterocycles. The van der Waals surface area contributed by atoms with Crippen LogP contribution in [-0.4, -0.2) is 35.7 Å². The molecule has 0 bridgehead atoms. The van der Waals surface area contributed by atoms with E-state index < -0.39 is 0 Å². The lowest BCUT2D eigenvalue weighted by Crippen LogP contribution is -2.45. The van der Waals surface area contributed by atoms with Gasteiger partial charge in [0.2, 0.25) is 0 Å². The maximum absolute atomic E-state index is 13.1. The van der Waals surface area contributed by atoms with Crippen LogP contribution in [0.1, 0.15) is 55.1 Å². The zero-order valence-electron chi connectivity index (χ0n) is 20.2. The van der Waals surface area contributed by atoms with Crippen LogP contribution < -0.4 is 14.2 Å². The van der Waals surface area contributed by atoms with Gasteiger partial charge >= 0.3 is 6.09 Å². The molecule has 7 nitrogen and oxygen atoms in total. The predicted octanol–water partition coefficient (Wildman–Crippen LogP) is 6.04. The molecule has 1 aliphatic rings. The third kappa shape index (κ3) is 5.53. The first kappa shape index (κ1) is 23.7. The molecule has 0 N–H and O–H groups in total. The highest BCUT2D eigenvalue weighted by molar-refractivity contribution is 5.72. The first-order valence-corrected chi connectivity index (χ1v) is 11.7. The molecule has 0 radical (unpaired) electrons. The summed E-state index contributed by atoms with van der Waals surface area (Å²) in [6.07, 6.45) is 3.27. The van der Waals surface area contributed by atoms with E-state index in [9.17, 15) is 4.79 Å². The molecule has 0 spiro atoms. The van der Waals surface area contributed by atoms with Crippen molar-refractivity contribution in [3.05, 3.63) is 71.4 Å². The topological polar surface area (TPSA) is 74.0 Å². The van der Waals surface area contributed by atoms with E-state index >= 15 is 0 Å². The fraction of sp³-hybridized carbons (Fsp3) is 0.407. The van der Waals surface area contributed by atoms with Gasteiger partial charge < -0.3 is 18.6 Å². The highest BCUT2D eigenvalue weighted by Crippen LogP contribution is 2.36. The molecule has 2 heterocycles. The molecule has 4 rings (SSSR count). The molecule has 2 unspecified atom stereocenters. The quantitative estimate of drug-likeness (QED) is 0.425. The smallest absolute Gasteiger partial charge is 0.415 e. The Bertz CT molecular complexity index is 1090. The lowest BCUT2D eigenvalue weighted by atomic mass is 9.92. The largest absolute Gasteiger partial charge is 0.497 e. The summed E-state index contributed by atoms with van der Waals surface area (Å²) in [5.41, 5.74) is 2.00. The number of methoxy groups -OCH3 is 1. The van der Waals surface area contributed by atoms with E-state index in [0.29, 0.717) is 24.7 Å². The maximum atomic E-state index is 13.1. The van der Waals surface area contributed by atoms with Crippen molar-refractivity contribution in [3.8, 4) is 17.2 Å². The number of likely N-dealkylation sites (tertiary alicyclic amines) is 1. The summed E-state index contributed by atoms with van der Waals surface area (Å²) >= 11 is 0. The number of piperidine rings is 1. The van der Waals surface area contributed by atoms with Crippen LogP contribution in [0.2, 0.25) is 0 Å². The molecule has 180 valence electrons. The van der Waals surface area contributed by atoms with Gasteiger partial charge in [0, 0.05) is 19.4 Å². The third-order valence-corrected chi connectivity index (χ3v) is 6.26. The summed E-state index contributed by atoms with van der Waals surface area (Å²) in [6.45, 7) is 6.36. The molecule has 1 aliphatic heterocycles. The van der Waals surface area contributed by atoms with Crippen LogP contribution >= 0.6 is 0 Å².